The number of halogens is 1. The standard InChI is InChI=1S/C30H34FN5O5/c1-18-9-10-24(23(31)15-18)33-27-25(30(40)34(3)4)26(19(2)29(39)35(27)5)36(17-37)22-8-6-7-20(16-22)28(38)32-21-11-13-41-14-12-21/h6-10,15-17,21,33H,11-14H2,1-5H3,(H,32,38). The summed E-state index contributed by atoms with van der Waals surface area (Å²) in [5, 5.41) is 5.90. The molecule has 1 aromatic heterocycles. The Morgan fingerprint density at radius 1 is 1.10 bits per heavy atom. The summed E-state index contributed by atoms with van der Waals surface area (Å²) in [5.74, 6) is -1.39. The van der Waals surface area contributed by atoms with E-state index < -0.39 is 17.3 Å². The number of amides is 3. The van der Waals surface area contributed by atoms with E-state index in [1.807, 2.05) is 0 Å². The second-order valence-electron chi connectivity index (χ2n) is 10.3. The summed E-state index contributed by atoms with van der Waals surface area (Å²) in [5.41, 5.74) is 0.973. The number of aryl methyl sites for hydroxylation is 1. The number of carbonyl (C=O) groups excluding carboxylic acids is 3. The molecule has 216 valence electrons. The lowest BCUT2D eigenvalue weighted by Crippen LogP contribution is -2.39. The van der Waals surface area contributed by atoms with Gasteiger partial charge in [0.15, 0.2) is 0 Å². The Bertz CT molecular complexity index is 1540. The van der Waals surface area contributed by atoms with Crippen molar-refractivity contribution in [1.82, 2.24) is 14.8 Å². The SMILES string of the molecule is Cc1ccc(Nc2c(C(=O)N(C)C)c(N(C=O)c3cccc(C(=O)NC4CCOCC4)c3)c(C)c(=O)n2C)c(F)c1. The van der Waals surface area contributed by atoms with E-state index in [2.05, 4.69) is 10.6 Å². The monoisotopic (exact) mass is 563 g/mol. The van der Waals surface area contributed by atoms with E-state index >= 15 is 0 Å². The van der Waals surface area contributed by atoms with Crippen LogP contribution in [0.4, 0.5) is 27.3 Å². The van der Waals surface area contributed by atoms with Crippen LogP contribution in [0.25, 0.3) is 0 Å². The Hall–Kier alpha value is -4.51. The number of carbonyl (C=O) groups is 3. The zero-order valence-electron chi connectivity index (χ0n) is 23.8. The van der Waals surface area contributed by atoms with Crippen molar-refractivity contribution in [3.8, 4) is 0 Å². The maximum Gasteiger partial charge on any atom is 0.259 e. The molecule has 2 N–H and O–H groups in total. The molecule has 1 aliphatic heterocycles. The molecule has 0 unspecified atom stereocenters. The summed E-state index contributed by atoms with van der Waals surface area (Å²) < 4.78 is 21.4. The third kappa shape index (κ3) is 6.14. The first kappa shape index (κ1) is 29.5. The predicted octanol–water partition coefficient (Wildman–Crippen LogP) is 3.79. The molecule has 0 spiro atoms. The Labute approximate surface area is 237 Å². The van der Waals surface area contributed by atoms with Crippen LogP contribution in [0.1, 0.15) is 44.7 Å². The fraction of sp³-hybridized carbons (Fsp3) is 0.333. The van der Waals surface area contributed by atoms with E-state index in [-0.39, 0.29) is 46.0 Å². The molecule has 1 fully saturated rings. The lowest BCUT2D eigenvalue weighted by molar-refractivity contribution is -0.106. The highest BCUT2D eigenvalue weighted by Gasteiger charge is 2.30. The number of pyridine rings is 1. The number of rotatable bonds is 8. The van der Waals surface area contributed by atoms with Crippen molar-refractivity contribution in [3.05, 3.63) is 80.9 Å². The van der Waals surface area contributed by atoms with Gasteiger partial charge in [-0.25, -0.2) is 4.39 Å². The molecule has 0 atom stereocenters. The Balaban J connectivity index is 1.86. The molecule has 11 heteroatoms. The summed E-state index contributed by atoms with van der Waals surface area (Å²) in [4.78, 5) is 55.2. The summed E-state index contributed by atoms with van der Waals surface area (Å²) in [6.45, 7) is 4.39. The molecule has 10 nitrogen and oxygen atoms in total. The highest BCUT2D eigenvalue weighted by Crippen LogP contribution is 2.36. The second kappa shape index (κ2) is 12.3. The lowest BCUT2D eigenvalue weighted by atomic mass is 10.0. The van der Waals surface area contributed by atoms with Gasteiger partial charge >= 0.3 is 0 Å². The van der Waals surface area contributed by atoms with E-state index in [9.17, 15) is 23.6 Å². The van der Waals surface area contributed by atoms with Crippen LogP contribution in [-0.4, -0.2) is 61.0 Å². The van der Waals surface area contributed by atoms with Crippen LogP contribution in [0.2, 0.25) is 0 Å². The van der Waals surface area contributed by atoms with Crippen molar-refractivity contribution in [2.45, 2.75) is 32.7 Å². The third-order valence-electron chi connectivity index (χ3n) is 7.08. The van der Waals surface area contributed by atoms with E-state index in [4.69, 9.17) is 4.74 Å². The van der Waals surface area contributed by atoms with Crippen molar-refractivity contribution < 1.29 is 23.5 Å². The highest BCUT2D eigenvalue weighted by molar-refractivity contribution is 6.09. The van der Waals surface area contributed by atoms with E-state index in [0.29, 0.717) is 43.6 Å². The Morgan fingerprint density at radius 2 is 1.80 bits per heavy atom. The zero-order chi connectivity index (χ0) is 29.8. The molecular weight excluding hydrogens is 529 g/mol. The molecule has 4 rings (SSSR count). The van der Waals surface area contributed by atoms with Crippen LogP contribution in [0, 0.1) is 19.7 Å². The van der Waals surface area contributed by atoms with E-state index in [0.717, 1.165) is 4.90 Å². The quantitative estimate of drug-likeness (QED) is 0.404. The number of hydrogen-bond acceptors (Lipinski definition) is 6. The Morgan fingerprint density at radius 3 is 2.44 bits per heavy atom. The van der Waals surface area contributed by atoms with E-state index in [1.54, 1.807) is 31.2 Å². The van der Waals surface area contributed by atoms with Crippen LogP contribution in [0.5, 0.6) is 0 Å². The van der Waals surface area contributed by atoms with Crippen molar-refractivity contribution in [2.24, 2.45) is 7.05 Å². The van der Waals surface area contributed by atoms with Crippen LogP contribution in [-0.2, 0) is 16.6 Å². The molecule has 0 radical (unpaired) electrons. The van der Waals surface area contributed by atoms with Gasteiger partial charge in [-0.3, -0.25) is 28.6 Å². The molecule has 3 amide bonds. The normalized spacial score (nSPS) is 13.4. The number of aromatic nitrogens is 1. The molecule has 1 aliphatic rings. The van der Waals surface area contributed by atoms with Crippen molar-refractivity contribution in [2.75, 3.05) is 37.5 Å². The van der Waals surface area contributed by atoms with Gasteiger partial charge in [0.2, 0.25) is 6.41 Å². The summed E-state index contributed by atoms with van der Waals surface area (Å²) >= 11 is 0. The Kier molecular flexibility index (Phi) is 8.87. The van der Waals surface area contributed by atoms with Gasteiger partial charge in [0.1, 0.15) is 17.2 Å². The van der Waals surface area contributed by atoms with Crippen molar-refractivity contribution >= 4 is 41.1 Å². The minimum Gasteiger partial charge on any atom is -0.381 e. The first-order valence-corrected chi connectivity index (χ1v) is 13.2. The molecule has 1 saturated heterocycles. The summed E-state index contributed by atoms with van der Waals surface area (Å²) in [6.07, 6.45) is 1.89. The number of ether oxygens (including phenoxy) is 1. The highest BCUT2D eigenvalue weighted by atomic mass is 19.1. The topological polar surface area (TPSA) is 113 Å². The fourth-order valence-electron chi connectivity index (χ4n) is 4.79. The van der Waals surface area contributed by atoms with Gasteiger partial charge in [-0.15, -0.1) is 0 Å². The minimum atomic E-state index is -0.571. The largest absolute Gasteiger partial charge is 0.381 e. The number of nitrogens with zero attached hydrogens (tertiary/aromatic N) is 3. The molecule has 0 saturated carbocycles. The average molecular weight is 564 g/mol. The maximum atomic E-state index is 14.9. The zero-order valence-corrected chi connectivity index (χ0v) is 23.8. The maximum absolute atomic E-state index is 14.9. The molecule has 2 heterocycles. The smallest absolute Gasteiger partial charge is 0.259 e. The summed E-state index contributed by atoms with van der Waals surface area (Å²) in [7, 11) is 4.54. The minimum absolute atomic E-state index is 0.0114. The molecule has 2 aromatic carbocycles. The average Bonchev–Trinajstić information content (AvgIpc) is 2.96. The molecule has 0 bridgehead atoms. The molecule has 3 aromatic rings. The molecular formula is C30H34FN5O5. The van der Waals surface area contributed by atoms with Gasteiger partial charge in [-0.1, -0.05) is 12.1 Å². The second-order valence-corrected chi connectivity index (χ2v) is 10.3. The van der Waals surface area contributed by atoms with E-state index in [1.165, 1.54) is 55.7 Å². The predicted molar refractivity (Wildman–Crippen MR) is 155 cm³/mol. The first-order valence-electron chi connectivity index (χ1n) is 13.2. The van der Waals surface area contributed by atoms with Gasteiger partial charge in [-0.2, -0.15) is 0 Å². The van der Waals surface area contributed by atoms with Gasteiger partial charge < -0.3 is 20.3 Å². The number of benzene rings is 2. The van der Waals surface area contributed by atoms with Crippen LogP contribution in [0.3, 0.4) is 0 Å². The van der Waals surface area contributed by atoms with Crippen molar-refractivity contribution in [1.29, 1.82) is 0 Å². The van der Waals surface area contributed by atoms with Crippen LogP contribution >= 0.6 is 0 Å². The molecule has 41 heavy (non-hydrogen) atoms. The van der Waals surface area contributed by atoms with Gasteiger partial charge in [0.25, 0.3) is 17.4 Å². The van der Waals surface area contributed by atoms with Gasteiger partial charge in [-0.05, 0) is 62.6 Å². The van der Waals surface area contributed by atoms with Crippen LogP contribution in [0.15, 0.2) is 47.3 Å². The molecule has 0 aliphatic carbocycles. The number of hydrogen-bond donors (Lipinski definition) is 2. The van der Waals surface area contributed by atoms with Crippen LogP contribution < -0.4 is 21.1 Å². The van der Waals surface area contributed by atoms with Gasteiger partial charge in [0, 0.05) is 57.2 Å². The third-order valence-corrected chi connectivity index (χ3v) is 7.08. The lowest BCUT2D eigenvalue weighted by Gasteiger charge is -2.28. The fourth-order valence-corrected chi connectivity index (χ4v) is 4.79. The van der Waals surface area contributed by atoms with Gasteiger partial charge in [0.05, 0.1) is 11.4 Å². The summed E-state index contributed by atoms with van der Waals surface area (Å²) in [6, 6.07) is 10.9. The number of anilines is 4. The number of nitrogens with one attached hydrogen (secondary N) is 2. The first-order chi connectivity index (χ1) is 19.5. The van der Waals surface area contributed by atoms with Crippen molar-refractivity contribution in [3.63, 3.8) is 0 Å².